The van der Waals surface area contributed by atoms with Gasteiger partial charge in [0, 0.05) is 25.1 Å². The number of halogens is 1. The number of aliphatic hydroxyl groups is 3. The molecule has 21 heavy (non-hydrogen) atoms. The third-order valence-corrected chi connectivity index (χ3v) is 2.69. The fourth-order valence-corrected chi connectivity index (χ4v) is 1.71. The van der Waals surface area contributed by atoms with Gasteiger partial charge in [0.15, 0.2) is 0 Å². The number of benzene rings is 1. The molecular weight excluding hydrogens is 277 g/mol. The maximum absolute atomic E-state index is 13.8. The Morgan fingerprint density at radius 2 is 1.81 bits per heavy atom. The summed E-state index contributed by atoms with van der Waals surface area (Å²) >= 11 is 0. The molecule has 114 valence electrons. The number of hydrogen-bond donors (Lipinski definition) is 3. The van der Waals surface area contributed by atoms with Crippen LogP contribution in [0, 0.1) is 17.7 Å². The van der Waals surface area contributed by atoms with Crippen LogP contribution in [0.5, 0.6) is 0 Å². The summed E-state index contributed by atoms with van der Waals surface area (Å²) in [5, 5.41) is 26.5. The lowest BCUT2D eigenvalue weighted by molar-refractivity contribution is 0.0680. The maximum Gasteiger partial charge on any atom is 0.257 e. The summed E-state index contributed by atoms with van der Waals surface area (Å²) < 4.78 is 13.8. The zero-order chi connectivity index (χ0) is 15.7. The van der Waals surface area contributed by atoms with E-state index in [0.29, 0.717) is 12.0 Å². The number of rotatable bonds is 6. The summed E-state index contributed by atoms with van der Waals surface area (Å²) in [7, 11) is 0. The molecule has 0 spiro atoms. The molecule has 0 aliphatic carbocycles. The Morgan fingerprint density at radius 1 is 1.14 bits per heavy atom. The predicted molar refractivity (Wildman–Crippen MR) is 75.1 cm³/mol. The van der Waals surface area contributed by atoms with Crippen molar-refractivity contribution >= 4 is 5.91 Å². The van der Waals surface area contributed by atoms with E-state index >= 15 is 0 Å². The van der Waals surface area contributed by atoms with E-state index in [1.807, 2.05) is 0 Å². The highest BCUT2D eigenvalue weighted by Crippen LogP contribution is 2.13. The predicted octanol–water partition coefficient (Wildman–Crippen LogP) is -0.0136. The number of carbonyl (C=O) groups is 1. The van der Waals surface area contributed by atoms with Gasteiger partial charge < -0.3 is 20.2 Å². The van der Waals surface area contributed by atoms with E-state index in [4.69, 9.17) is 15.3 Å². The van der Waals surface area contributed by atoms with E-state index in [2.05, 4.69) is 11.8 Å². The van der Waals surface area contributed by atoms with Crippen molar-refractivity contribution in [1.29, 1.82) is 0 Å². The van der Waals surface area contributed by atoms with Crippen LogP contribution < -0.4 is 0 Å². The molecule has 0 unspecified atom stereocenters. The van der Waals surface area contributed by atoms with Gasteiger partial charge in [0.2, 0.25) is 0 Å². The number of aliphatic hydroxyl groups excluding tert-OH is 3. The fraction of sp³-hybridized carbons (Fsp3) is 0.400. The Hall–Kier alpha value is -1.94. The van der Waals surface area contributed by atoms with Crippen molar-refractivity contribution in [3.63, 3.8) is 0 Å². The third-order valence-electron chi connectivity index (χ3n) is 2.69. The SMILES string of the molecule is O=C(c1cc(C#CCCO)ccc1F)N(CCO)CCO. The number of nitrogens with zero attached hydrogens (tertiary/aromatic N) is 1. The van der Waals surface area contributed by atoms with Crippen molar-refractivity contribution in [3.8, 4) is 11.8 Å². The average Bonchev–Trinajstić information content (AvgIpc) is 2.48. The Balaban J connectivity index is 3.02. The normalized spacial score (nSPS) is 9.90. The van der Waals surface area contributed by atoms with E-state index in [1.54, 1.807) is 0 Å². The van der Waals surface area contributed by atoms with Crippen LogP contribution in [0.15, 0.2) is 18.2 Å². The minimum absolute atomic E-state index is 0.0131. The molecule has 3 N–H and O–H groups in total. The quantitative estimate of drug-likeness (QED) is 0.645. The summed E-state index contributed by atoms with van der Waals surface area (Å²) in [6.07, 6.45) is 0.293. The van der Waals surface area contributed by atoms with Crippen molar-refractivity contribution in [2.75, 3.05) is 32.9 Å². The van der Waals surface area contributed by atoms with Crippen molar-refractivity contribution in [2.24, 2.45) is 0 Å². The van der Waals surface area contributed by atoms with Crippen LogP contribution in [-0.4, -0.2) is 59.0 Å². The molecule has 0 fully saturated rings. The molecule has 1 aromatic rings. The van der Waals surface area contributed by atoms with E-state index in [0.717, 1.165) is 6.07 Å². The molecule has 0 radical (unpaired) electrons. The monoisotopic (exact) mass is 295 g/mol. The van der Waals surface area contributed by atoms with E-state index < -0.39 is 11.7 Å². The summed E-state index contributed by atoms with van der Waals surface area (Å²) in [6, 6.07) is 3.91. The van der Waals surface area contributed by atoms with Crippen molar-refractivity contribution in [2.45, 2.75) is 6.42 Å². The van der Waals surface area contributed by atoms with Crippen molar-refractivity contribution in [1.82, 2.24) is 4.90 Å². The Morgan fingerprint density at radius 3 is 2.38 bits per heavy atom. The summed E-state index contributed by atoms with van der Waals surface area (Å²) in [6.45, 7) is -0.591. The van der Waals surface area contributed by atoms with Crippen LogP contribution >= 0.6 is 0 Å². The van der Waals surface area contributed by atoms with Gasteiger partial charge in [0.05, 0.1) is 25.4 Å². The number of hydrogen-bond acceptors (Lipinski definition) is 4. The van der Waals surface area contributed by atoms with Gasteiger partial charge in [-0.1, -0.05) is 11.8 Å². The van der Waals surface area contributed by atoms with Crippen LogP contribution in [0.4, 0.5) is 4.39 Å². The van der Waals surface area contributed by atoms with Crippen LogP contribution in [0.2, 0.25) is 0 Å². The first-order valence-corrected chi connectivity index (χ1v) is 6.54. The first kappa shape index (κ1) is 17.1. The van der Waals surface area contributed by atoms with Crippen LogP contribution in [0.25, 0.3) is 0 Å². The van der Waals surface area contributed by atoms with Crippen molar-refractivity contribution in [3.05, 3.63) is 35.1 Å². The van der Waals surface area contributed by atoms with E-state index in [9.17, 15) is 9.18 Å². The molecule has 0 aliphatic rings. The lowest BCUT2D eigenvalue weighted by Crippen LogP contribution is -2.36. The largest absolute Gasteiger partial charge is 0.395 e. The lowest BCUT2D eigenvalue weighted by atomic mass is 10.1. The zero-order valence-corrected chi connectivity index (χ0v) is 11.5. The van der Waals surface area contributed by atoms with E-state index in [1.165, 1.54) is 17.0 Å². The number of amides is 1. The second kappa shape index (κ2) is 9.08. The highest BCUT2D eigenvalue weighted by Gasteiger charge is 2.18. The molecule has 0 bridgehead atoms. The summed E-state index contributed by atoms with van der Waals surface area (Å²) in [5.41, 5.74) is 0.300. The van der Waals surface area contributed by atoms with Gasteiger partial charge in [-0.25, -0.2) is 4.39 Å². The van der Waals surface area contributed by atoms with Crippen molar-refractivity contribution < 1.29 is 24.5 Å². The lowest BCUT2D eigenvalue weighted by Gasteiger charge is -2.21. The van der Waals surface area contributed by atoms with Crippen LogP contribution in [0.1, 0.15) is 22.3 Å². The second-order valence-corrected chi connectivity index (χ2v) is 4.21. The molecule has 0 heterocycles. The number of carbonyl (C=O) groups excluding carboxylic acids is 1. The average molecular weight is 295 g/mol. The van der Waals surface area contributed by atoms with Gasteiger partial charge in [-0.2, -0.15) is 0 Å². The Bertz CT molecular complexity index is 530. The summed E-state index contributed by atoms with van der Waals surface area (Å²) in [4.78, 5) is 13.4. The molecule has 1 rings (SSSR count). The van der Waals surface area contributed by atoms with Gasteiger partial charge in [0.25, 0.3) is 5.91 Å². The van der Waals surface area contributed by atoms with Gasteiger partial charge >= 0.3 is 0 Å². The van der Waals surface area contributed by atoms with E-state index in [-0.39, 0.29) is 38.5 Å². The first-order valence-electron chi connectivity index (χ1n) is 6.54. The minimum Gasteiger partial charge on any atom is -0.395 e. The van der Waals surface area contributed by atoms with Crippen LogP contribution in [0.3, 0.4) is 0 Å². The topological polar surface area (TPSA) is 81.0 Å². The Labute approximate surface area is 122 Å². The standard InChI is InChI=1S/C15H18FNO4/c16-14-5-4-12(3-1-2-8-18)11-13(14)15(21)17(6-9-19)7-10-20/h4-5,11,18-20H,2,6-10H2. The second-order valence-electron chi connectivity index (χ2n) is 4.21. The highest BCUT2D eigenvalue weighted by molar-refractivity contribution is 5.94. The molecule has 0 saturated carbocycles. The maximum atomic E-state index is 13.8. The van der Waals surface area contributed by atoms with Gasteiger partial charge in [-0.05, 0) is 18.2 Å². The smallest absolute Gasteiger partial charge is 0.257 e. The summed E-state index contributed by atoms with van der Waals surface area (Å²) in [5.74, 6) is 4.12. The van der Waals surface area contributed by atoms with Gasteiger partial charge in [0.1, 0.15) is 5.82 Å². The molecule has 1 amide bonds. The van der Waals surface area contributed by atoms with Crippen LogP contribution in [-0.2, 0) is 0 Å². The molecule has 5 nitrogen and oxygen atoms in total. The fourth-order valence-electron chi connectivity index (χ4n) is 1.71. The molecule has 0 saturated heterocycles. The molecule has 0 atom stereocenters. The first-order chi connectivity index (χ1) is 10.1. The molecule has 6 heteroatoms. The molecule has 1 aromatic carbocycles. The third kappa shape index (κ3) is 5.16. The zero-order valence-electron chi connectivity index (χ0n) is 11.5. The highest BCUT2D eigenvalue weighted by atomic mass is 19.1. The molecule has 0 aromatic heterocycles. The minimum atomic E-state index is -0.686. The van der Waals surface area contributed by atoms with Gasteiger partial charge in [-0.15, -0.1) is 0 Å². The molecular formula is C15H18FNO4. The van der Waals surface area contributed by atoms with Gasteiger partial charge in [-0.3, -0.25) is 4.79 Å². The Kier molecular flexibility index (Phi) is 7.40. The molecule has 0 aliphatic heterocycles.